The number of carboxylic acids is 1. The number of aliphatic carboxylic acids is 1. The third-order valence-electron chi connectivity index (χ3n) is 2.28. The van der Waals surface area contributed by atoms with Gasteiger partial charge in [0, 0.05) is 5.88 Å². The minimum absolute atomic E-state index is 0.498. The molecule has 3 nitrogen and oxygen atoms in total. The summed E-state index contributed by atoms with van der Waals surface area (Å²) in [5.41, 5.74) is 1.02. The van der Waals surface area contributed by atoms with E-state index in [4.69, 9.17) is 16.7 Å². The normalized spacial score (nSPS) is 12.3. The fourth-order valence-corrected chi connectivity index (χ4v) is 1.57. The molecule has 0 aromatic heterocycles. The van der Waals surface area contributed by atoms with Gasteiger partial charge in [0.25, 0.3) is 0 Å². The van der Waals surface area contributed by atoms with Gasteiger partial charge < -0.3 is 10.4 Å². The molecule has 0 spiro atoms. The molecule has 16 heavy (non-hydrogen) atoms. The Hall–Kier alpha value is -1.06. The highest BCUT2D eigenvalue weighted by Crippen LogP contribution is 2.03. The van der Waals surface area contributed by atoms with Crippen molar-refractivity contribution in [3.63, 3.8) is 0 Å². The Bertz CT molecular complexity index is 316. The molecule has 0 fully saturated rings. The van der Waals surface area contributed by atoms with E-state index in [9.17, 15) is 4.79 Å². The first kappa shape index (κ1) is 13.0. The maximum atomic E-state index is 11.0. The van der Waals surface area contributed by atoms with Crippen LogP contribution in [0.4, 0.5) is 0 Å². The van der Waals surface area contributed by atoms with Gasteiger partial charge in [0.15, 0.2) is 0 Å². The van der Waals surface area contributed by atoms with E-state index in [1.54, 1.807) is 0 Å². The minimum atomic E-state index is -0.821. The van der Waals surface area contributed by atoms with E-state index < -0.39 is 12.0 Å². The Morgan fingerprint density at radius 3 is 2.62 bits per heavy atom. The Kier molecular flexibility index (Phi) is 5.90. The molecule has 1 unspecified atom stereocenters. The van der Waals surface area contributed by atoms with Crippen molar-refractivity contribution in [2.75, 3.05) is 12.4 Å². The van der Waals surface area contributed by atoms with Gasteiger partial charge in [0.1, 0.15) is 6.04 Å². The summed E-state index contributed by atoms with van der Waals surface area (Å²) in [5.74, 6) is -0.275. The lowest BCUT2D eigenvalue weighted by Gasteiger charge is -2.13. The van der Waals surface area contributed by atoms with Crippen LogP contribution in [-0.2, 0) is 11.2 Å². The fraction of sp³-hybridized carbons (Fsp3) is 0.417. The topological polar surface area (TPSA) is 49.3 Å². The summed E-state index contributed by atoms with van der Waals surface area (Å²) in [6.45, 7) is 0.632. The van der Waals surface area contributed by atoms with E-state index in [-0.39, 0.29) is 0 Å². The number of hydrogen-bond donors (Lipinski definition) is 2. The molecule has 2 N–H and O–H groups in total. The molecule has 88 valence electrons. The molecular formula is C12H16ClNO2. The molecule has 0 bridgehead atoms. The van der Waals surface area contributed by atoms with Crippen molar-refractivity contribution >= 4 is 17.6 Å². The Balaban J connectivity index is 2.48. The maximum absolute atomic E-state index is 11.0. The van der Waals surface area contributed by atoms with Gasteiger partial charge in [-0.05, 0) is 24.9 Å². The van der Waals surface area contributed by atoms with Gasteiger partial charge in [-0.25, -0.2) is 0 Å². The summed E-state index contributed by atoms with van der Waals surface area (Å²) in [5, 5.41) is 12.0. The molecule has 0 radical (unpaired) electrons. The number of carbonyl (C=O) groups is 1. The zero-order valence-corrected chi connectivity index (χ0v) is 9.78. The van der Waals surface area contributed by atoms with E-state index in [1.807, 2.05) is 30.3 Å². The van der Waals surface area contributed by atoms with E-state index in [0.717, 1.165) is 12.0 Å². The van der Waals surface area contributed by atoms with E-state index >= 15 is 0 Å². The van der Waals surface area contributed by atoms with E-state index in [2.05, 4.69) is 5.32 Å². The van der Waals surface area contributed by atoms with Crippen molar-refractivity contribution in [3.8, 4) is 0 Å². The highest BCUT2D eigenvalue weighted by atomic mass is 35.5. The van der Waals surface area contributed by atoms with Crippen molar-refractivity contribution in [1.82, 2.24) is 5.32 Å². The van der Waals surface area contributed by atoms with Crippen molar-refractivity contribution in [3.05, 3.63) is 35.9 Å². The molecule has 1 atom stereocenters. The third-order valence-corrected chi connectivity index (χ3v) is 2.55. The van der Waals surface area contributed by atoms with Gasteiger partial charge >= 0.3 is 5.97 Å². The average molecular weight is 242 g/mol. The lowest BCUT2D eigenvalue weighted by atomic mass is 10.1. The van der Waals surface area contributed by atoms with Crippen LogP contribution in [0.15, 0.2) is 30.3 Å². The third kappa shape index (κ3) is 4.64. The zero-order chi connectivity index (χ0) is 11.8. The van der Waals surface area contributed by atoms with E-state index in [1.165, 1.54) is 0 Å². The van der Waals surface area contributed by atoms with Crippen LogP contribution in [0, 0.1) is 0 Å². The van der Waals surface area contributed by atoms with Crippen molar-refractivity contribution < 1.29 is 9.90 Å². The second-order valence-electron chi connectivity index (χ2n) is 3.58. The van der Waals surface area contributed by atoms with Crippen LogP contribution in [0.2, 0.25) is 0 Å². The molecule has 1 rings (SSSR count). The van der Waals surface area contributed by atoms with Crippen molar-refractivity contribution in [1.29, 1.82) is 0 Å². The lowest BCUT2D eigenvalue weighted by molar-refractivity contribution is -0.139. The number of halogens is 1. The number of alkyl halides is 1. The number of hydrogen-bond acceptors (Lipinski definition) is 2. The second-order valence-corrected chi connectivity index (χ2v) is 3.96. The second kappa shape index (κ2) is 7.25. The minimum Gasteiger partial charge on any atom is -0.480 e. The first-order chi connectivity index (χ1) is 7.74. The fourth-order valence-electron chi connectivity index (χ4n) is 1.44. The largest absolute Gasteiger partial charge is 0.480 e. The SMILES string of the molecule is O=C(O)C(Cc1ccccc1)NCCCCl. The van der Waals surface area contributed by atoms with Crippen LogP contribution in [0.25, 0.3) is 0 Å². The molecule has 0 saturated carbocycles. The van der Waals surface area contributed by atoms with Crippen LogP contribution in [-0.4, -0.2) is 29.5 Å². The molecule has 0 saturated heterocycles. The summed E-state index contributed by atoms with van der Waals surface area (Å²) in [6, 6.07) is 9.06. The highest BCUT2D eigenvalue weighted by Gasteiger charge is 2.16. The number of carboxylic acid groups (broad SMARTS) is 1. The molecule has 0 aliphatic heterocycles. The smallest absolute Gasteiger partial charge is 0.321 e. The Morgan fingerprint density at radius 2 is 2.06 bits per heavy atom. The van der Waals surface area contributed by atoms with Gasteiger partial charge in [-0.3, -0.25) is 4.79 Å². The maximum Gasteiger partial charge on any atom is 0.321 e. The highest BCUT2D eigenvalue weighted by molar-refractivity contribution is 6.17. The monoisotopic (exact) mass is 241 g/mol. The zero-order valence-electron chi connectivity index (χ0n) is 9.03. The summed E-state index contributed by atoms with van der Waals surface area (Å²) < 4.78 is 0. The molecule has 0 aliphatic rings. The Labute approximate surface area is 100 Å². The number of benzene rings is 1. The van der Waals surface area contributed by atoms with Crippen molar-refractivity contribution in [2.45, 2.75) is 18.9 Å². The van der Waals surface area contributed by atoms with Gasteiger partial charge in [0.05, 0.1) is 0 Å². The molecule has 1 aromatic carbocycles. The van der Waals surface area contributed by atoms with Crippen LogP contribution in [0.5, 0.6) is 0 Å². The predicted octanol–water partition coefficient (Wildman–Crippen LogP) is 1.90. The molecular weight excluding hydrogens is 226 g/mol. The van der Waals surface area contributed by atoms with Gasteiger partial charge in [0.2, 0.25) is 0 Å². The first-order valence-corrected chi connectivity index (χ1v) is 5.83. The average Bonchev–Trinajstić information content (AvgIpc) is 2.29. The molecule has 0 aliphatic carbocycles. The molecule has 4 heteroatoms. The molecule has 0 heterocycles. The standard InChI is InChI=1S/C12H16ClNO2/c13-7-4-8-14-11(12(15)16)9-10-5-2-1-3-6-10/h1-3,5-6,11,14H,4,7-9H2,(H,15,16). The summed E-state index contributed by atoms with van der Waals surface area (Å²) in [4.78, 5) is 11.0. The quantitative estimate of drug-likeness (QED) is 0.566. The van der Waals surface area contributed by atoms with Crippen LogP contribution in [0.1, 0.15) is 12.0 Å². The molecule has 0 amide bonds. The number of nitrogens with one attached hydrogen (secondary N) is 1. The lowest BCUT2D eigenvalue weighted by Crippen LogP contribution is -2.39. The van der Waals surface area contributed by atoms with Gasteiger partial charge in [-0.2, -0.15) is 0 Å². The molecule has 1 aromatic rings. The van der Waals surface area contributed by atoms with Crippen LogP contribution >= 0.6 is 11.6 Å². The number of rotatable bonds is 7. The summed E-state index contributed by atoms with van der Waals surface area (Å²) >= 11 is 5.54. The van der Waals surface area contributed by atoms with E-state index in [0.29, 0.717) is 18.8 Å². The summed E-state index contributed by atoms with van der Waals surface area (Å²) in [6.07, 6.45) is 1.28. The van der Waals surface area contributed by atoms with Crippen molar-refractivity contribution in [2.24, 2.45) is 0 Å². The predicted molar refractivity (Wildman–Crippen MR) is 64.9 cm³/mol. The first-order valence-electron chi connectivity index (χ1n) is 5.30. The van der Waals surface area contributed by atoms with Crippen LogP contribution in [0.3, 0.4) is 0 Å². The Morgan fingerprint density at radius 1 is 1.38 bits per heavy atom. The van der Waals surface area contributed by atoms with Crippen LogP contribution < -0.4 is 5.32 Å². The van der Waals surface area contributed by atoms with Gasteiger partial charge in [-0.15, -0.1) is 11.6 Å². The summed E-state index contributed by atoms with van der Waals surface area (Å²) in [7, 11) is 0. The van der Waals surface area contributed by atoms with Gasteiger partial charge in [-0.1, -0.05) is 30.3 Å².